The third kappa shape index (κ3) is 18.1. The number of oxime groups is 2. The molecule has 2 rings (SSSR count). The van der Waals surface area contributed by atoms with Crippen LogP contribution in [0.15, 0.2) is 46.7 Å². The summed E-state index contributed by atoms with van der Waals surface area (Å²) in [5, 5.41) is 43.2. The Hall–Kier alpha value is -2.48. The van der Waals surface area contributed by atoms with E-state index >= 15 is 0 Å². The zero-order chi connectivity index (χ0) is 31.0. The molecule has 0 spiro atoms. The Morgan fingerprint density at radius 3 is 1.28 bits per heavy atom. The minimum atomic E-state index is 0. The number of phenolic OH excluding ortho intramolecular Hbond substituents is 2. The summed E-state index contributed by atoms with van der Waals surface area (Å²) in [5.74, 6) is 0.231. The number of hydrogen-bond donors (Lipinski definition) is 4. The van der Waals surface area contributed by atoms with E-state index in [-0.39, 0.29) is 31.0 Å². The van der Waals surface area contributed by atoms with E-state index in [4.69, 9.17) is 19.9 Å². The molecule has 0 aliphatic rings. The van der Waals surface area contributed by atoms with Gasteiger partial charge in [-0.3, -0.25) is 0 Å². The summed E-state index contributed by atoms with van der Waals surface area (Å²) < 4.78 is 11.3. The molecule has 0 aliphatic carbocycles. The Bertz CT molecular complexity index is 978. The zero-order valence-corrected chi connectivity index (χ0v) is 30.0. The smallest absolute Gasteiger partial charge is 0.124 e. The van der Waals surface area contributed by atoms with Gasteiger partial charge in [0.2, 0.25) is 0 Å². The van der Waals surface area contributed by atoms with Crippen molar-refractivity contribution >= 4 is 11.4 Å². The fourth-order valence-corrected chi connectivity index (χ4v) is 4.38. The van der Waals surface area contributed by atoms with Crippen molar-refractivity contribution < 1.29 is 49.6 Å². The molecule has 0 amide bonds. The number of unbranched alkanes of at least 4 members (excludes halogenated alkanes) is 10. The second-order valence-corrected chi connectivity index (χ2v) is 10.7. The van der Waals surface area contributed by atoms with Crippen LogP contribution in [0.25, 0.3) is 0 Å². The quantitative estimate of drug-likeness (QED) is 0.0373. The van der Waals surface area contributed by atoms with E-state index in [0.717, 1.165) is 37.2 Å². The summed E-state index contributed by atoms with van der Waals surface area (Å²) in [6, 6.07) is 10.5. The predicted octanol–water partition coefficient (Wildman–Crippen LogP) is 8.93. The van der Waals surface area contributed by atoms with Crippen molar-refractivity contribution in [3.63, 3.8) is 0 Å². The van der Waals surface area contributed by atoms with E-state index in [0.29, 0.717) is 35.8 Å². The fraction of sp³-hybridized carbons (Fsp3) is 0.588. The number of aromatic hydroxyl groups is 2. The molecule has 0 fully saturated rings. The van der Waals surface area contributed by atoms with Crippen LogP contribution >= 0.6 is 0 Å². The Labute approximate surface area is 272 Å². The van der Waals surface area contributed by atoms with Crippen molar-refractivity contribution in [2.45, 2.75) is 118 Å². The van der Waals surface area contributed by atoms with Crippen LogP contribution in [0.3, 0.4) is 0 Å². The van der Waals surface area contributed by atoms with E-state index in [1.807, 2.05) is 12.1 Å². The van der Waals surface area contributed by atoms with Crippen LogP contribution in [0.2, 0.25) is 0 Å². The molecule has 0 unspecified atom stereocenters. The third-order valence-corrected chi connectivity index (χ3v) is 7.02. The van der Waals surface area contributed by atoms with Crippen molar-refractivity contribution in [1.82, 2.24) is 0 Å². The fourth-order valence-electron chi connectivity index (χ4n) is 4.38. The molecule has 0 heterocycles. The van der Waals surface area contributed by atoms with Gasteiger partial charge in [0.1, 0.15) is 11.5 Å². The summed E-state index contributed by atoms with van der Waals surface area (Å²) in [5.41, 5.74) is 3.81. The number of hydrogen-bond acceptors (Lipinski definition) is 8. The van der Waals surface area contributed by atoms with Gasteiger partial charge in [0.15, 0.2) is 0 Å². The maximum Gasteiger partial charge on any atom is 0.124 e. The van der Waals surface area contributed by atoms with Crippen molar-refractivity contribution in [3.8, 4) is 11.5 Å². The largest absolute Gasteiger partial charge is 0.507 e. The molecule has 238 valence electrons. The molecular weight excluding hydrogens is 598 g/mol. The molecule has 0 saturated heterocycles. The van der Waals surface area contributed by atoms with Gasteiger partial charge in [-0.1, -0.05) is 100 Å². The molecule has 2 aromatic rings. The van der Waals surface area contributed by atoms with Crippen molar-refractivity contribution in [3.05, 3.63) is 58.7 Å². The van der Waals surface area contributed by atoms with Gasteiger partial charge in [-0.25, -0.2) is 0 Å². The van der Waals surface area contributed by atoms with Crippen LogP contribution in [0.5, 0.6) is 11.5 Å². The van der Waals surface area contributed by atoms with Crippen molar-refractivity contribution in [2.75, 3.05) is 13.2 Å². The van der Waals surface area contributed by atoms with E-state index in [2.05, 4.69) is 24.2 Å². The van der Waals surface area contributed by atoms with Crippen LogP contribution in [-0.4, -0.2) is 45.3 Å². The van der Waals surface area contributed by atoms with Crippen LogP contribution < -0.4 is 0 Å². The molecule has 0 aliphatic heterocycles. The average molecular weight is 652 g/mol. The third-order valence-electron chi connectivity index (χ3n) is 7.02. The maximum absolute atomic E-state index is 9.72. The molecule has 9 heteroatoms. The van der Waals surface area contributed by atoms with Gasteiger partial charge in [-0.15, -0.1) is 0 Å². The Kier molecular flexibility index (Phi) is 24.5. The van der Waals surface area contributed by atoms with Crippen LogP contribution in [-0.2, 0) is 42.2 Å². The first kappa shape index (κ1) is 40.5. The number of ether oxygens (including phenoxy) is 2. The second-order valence-electron chi connectivity index (χ2n) is 10.7. The summed E-state index contributed by atoms with van der Waals surface area (Å²) in [4.78, 5) is 0. The molecule has 0 aromatic heterocycles. The van der Waals surface area contributed by atoms with Gasteiger partial charge in [-0.2, -0.15) is 0 Å². The number of benzene rings is 2. The van der Waals surface area contributed by atoms with Gasteiger partial charge in [0, 0.05) is 43.8 Å². The Morgan fingerprint density at radius 1 is 0.581 bits per heavy atom. The number of nitrogens with zero attached hydrogens (tertiary/aromatic N) is 2. The minimum Gasteiger partial charge on any atom is -0.507 e. The standard InChI is InChI=1S/2C17H27NO3.Zn/c2*1-3-4-5-6-7-8-11-21-13-15-9-10-17(19)16(12-15)14(2)18-20;/h2*9-10,12,19-20H,3-8,11,13H2,1-2H3;/b2*18-14+;. The maximum atomic E-state index is 9.72. The van der Waals surface area contributed by atoms with Gasteiger partial charge < -0.3 is 30.1 Å². The Balaban J connectivity index is 0.000000802. The van der Waals surface area contributed by atoms with Gasteiger partial charge in [-0.05, 0) is 62.1 Å². The number of rotatable bonds is 20. The average Bonchev–Trinajstić information content (AvgIpc) is 3.00. The molecule has 0 radical (unpaired) electrons. The van der Waals surface area contributed by atoms with Crippen molar-refractivity contribution in [2.24, 2.45) is 10.3 Å². The number of phenols is 2. The summed E-state index contributed by atoms with van der Waals surface area (Å²) in [7, 11) is 0. The first-order valence-corrected chi connectivity index (χ1v) is 15.5. The Morgan fingerprint density at radius 2 is 0.930 bits per heavy atom. The van der Waals surface area contributed by atoms with Gasteiger partial charge >= 0.3 is 0 Å². The molecule has 0 atom stereocenters. The van der Waals surface area contributed by atoms with Crippen LogP contribution in [0.1, 0.15) is 127 Å². The molecule has 0 saturated carbocycles. The van der Waals surface area contributed by atoms with Crippen LogP contribution in [0, 0.1) is 0 Å². The molecular formula is C34H54N2O6Zn. The van der Waals surface area contributed by atoms with E-state index in [1.165, 1.54) is 64.2 Å². The molecule has 4 N–H and O–H groups in total. The summed E-state index contributed by atoms with van der Waals surface area (Å²) in [6.07, 6.45) is 15.0. The zero-order valence-electron chi connectivity index (χ0n) is 27.0. The topological polar surface area (TPSA) is 124 Å². The van der Waals surface area contributed by atoms with Gasteiger partial charge in [0.05, 0.1) is 24.6 Å². The monoisotopic (exact) mass is 650 g/mol. The first-order chi connectivity index (χ1) is 20.4. The van der Waals surface area contributed by atoms with Crippen LogP contribution in [0.4, 0.5) is 0 Å². The predicted molar refractivity (Wildman–Crippen MR) is 170 cm³/mol. The van der Waals surface area contributed by atoms with Crippen molar-refractivity contribution in [1.29, 1.82) is 0 Å². The molecule has 0 bridgehead atoms. The molecule has 8 nitrogen and oxygen atoms in total. The molecule has 2 aromatic carbocycles. The molecule has 43 heavy (non-hydrogen) atoms. The summed E-state index contributed by atoms with van der Waals surface area (Å²) in [6.45, 7) is 10.3. The summed E-state index contributed by atoms with van der Waals surface area (Å²) >= 11 is 0. The van der Waals surface area contributed by atoms with Gasteiger partial charge in [0.25, 0.3) is 0 Å². The normalized spacial score (nSPS) is 11.5. The minimum absolute atomic E-state index is 0. The SMILES string of the molecule is CCCCCCCCOCc1ccc(O)c(/C(C)=N/O)c1.CCCCCCCCOCc1ccc(O)c(/C(C)=N/O)c1.[Zn]. The van der Waals surface area contributed by atoms with E-state index in [1.54, 1.807) is 38.1 Å². The second kappa shape index (κ2) is 26.0. The van der Waals surface area contributed by atoms with E-state index < -0.39 is 0 Å². The first-order valence-electron chi connectivity index (χ1n) is 15.5. The van der Waals surface area contributed by atoms with E-state index in [9.17, 15) is 10.2 Å².